The Balaban J connectivity index is 1.78. The summed E-state index contributed by atoms with van der Waals surface area (Å²) in [6.07, 6.45) is 1.13. The van der Waals surface area contributed by atoms with Gasteiger partial charge in [-0.05, 0) is 60.7 Å². The van der Waals surface area contributed by atoms with E-state index in [4.69, 9.17) is 0 Å². The summed E-state index contributed by atoms with van der Waals surface area (Å²) in [5.74, 6) is 0. The molecule has 3 heteroatoms. The number of hydrogen-bond acceptors (Lipinski definition) is 0. The Morgan fingerprint density at radius 3 is 0.927 bits per heavy atom. The van der Waals surface area contributed by atoms with Crippen LogP contribution in [0.3, 0.4) is 0 Å². The first-order chi connectivity index (χ1) is 20.3. The molecule has 0 unspecified atom stereocenters. The van der Waals surface area contributed by atoms with Crippen molar-refractivity contribution in [2.75, 3.05) is 6.16 Å². The summed E-state index contributed by atoms with van der Waals surface area (Å²) in [6, 6.07) is 65.0. The molecule has 0 fully saturated rings. The van der Waals surface area contributed by atoms with Crippen molar-refractivity contribution in [2.24, 2.45) is 0 Å². The highest BCUT2D eigenvalue weighted by Gasteiger charge is 2.71. The van der Waals surface area contributed by atoms with E-state index < -0.39 is 21.2 Å². The normalized spacial score (nSPS) is 15.3. The van der Waals surface area contributed by atoms with Gasteiger partial charge in [-0.25, -0.2) is 0 Å². The van der Waals surface area contributed by atoms with Crippen LogP contribution in [0, 0.1) is 0 Å². The Kier molecular flexibility index (Phi) is 7.19. The Labute approximate surface area is 246 Å². The number of hydrogen-bond donors (Lipinski definition) is 0. The molecule has 0 saturated carbocycles. The van der Waals surface area contributed by atoms with E-state index in [-0.39, 0.29) is 0 Å². The monoisotopic (exact) mass is 582 g/mol. The molecule has 0 amide bonds. The van der Waals surface area contributed by atoms with Gasteiger partial charge in [0.25, 0.3) is 0 Å². The zero-order chi connectivity index (χ0) is 27.7. The van der Waals surface area contributed by atoms with Gasteiger partial charge >= 0.3 is 0 Å². The number of rotatable bonds is 5. The zero-order valence-corrected chi connectivity index (χ0v) is 25.9. The zero-order valence-electron chi connectivity index (χ0n) is 23.2. The lowest BCUT2D eigenvalue weighted by Crippen LogP contribution is -2.35. The number of benzene rings is 6. The summed E-state index contributed by atoms with van der Waals surface area (Å²) < 4.78 is 0. The van der Waals surface area contributed by atoms with E-state index in [2.05, 4.69) is 177 Å². The topological polar surface area (TPSA) is 0 Å². The smallest absolute Gasteiger partial charge is 0.0620 e. The van der Waals surface area contributed by atoms with E-state index in [0.717, 1.165) is 6.16 Å². The van der Waals surface area contributed by atoms with Gasteiger partial charge in [0.2, 0.25) is 7.30 Å². The minimum Gasteiger partial charge on any atom is -0.0620 e. The highest BCUT2D eigenvalue weighted by molar-refractivity contribution is 8.78. The molecule has 0 saturated heterocycles. The third-order valence-electron chi connectivity index (χ3n) is 8.29. The van der Waals surface area contributed by atoms with Crippen molar-refractivity contribution in [3.8, 4) is 11.1 Å². The van der Waals surface area contributed by atoms with E-state index >= 15 is 0 Å². The lowest BCUT2D eigenvalue weighted by molar-refractivity contribution is 1.52. The van der Waals surface area contributed by atoms with Crippen LogP contribution in [-0.2, 0) is 0 Å². The molecule has 0 atom stereocenters. The predicted molar refractivity (Wildman–Crippen MR) is 187 cm³/mol. The Bertz CT molecular complexity index is 1560. The molecule has 1 aliphatic heterocycles. The molecular formula is C38H33P3+2. The molecule has 0 nitrogen and oxygen atoms in total. The van der Waals surface area contributed by atoms with Crippen molar-refractivity contribution in [2.45, 2.75) is 6.92 Å². The molecule has 0 radical (unpaired) electrons. The summed E-state index contributed by atoms with van der Waals surface area (Å²) >= 11 is 0. The van der Waals surface area contributed by atoms with Crippen molar-refractivity contribution < 1.29 is 0 Å². The summed E-state index contributed by atoms with van der Waals surface area (Å²) in [4.78, 5) is 0. The van der Waals surface area contributed by atoms with Gasteiger partial charge in [0.05, 0.1) is 0 Å². The molecule has 0 aliphatic carbocycles. The maximum absolute atomic E-state index is 2.48. The van der Waals surface area contributed by atoms with E-state index in [1.807, 2.05) is 0 Å². The van der Waals surface area contributed by atoms with Gasteiger partial charge in [-0.15, -0.1) is 0 Å². The Morgan fingerprint density at radius 1 is 0.366 bits per heavy atom. The first kappa shape index (κ1) is 26.5. The molecule has 41 heavy (non-hydrogen) atoms. The van der Waals surface area contributed by atoms with E-state index in [9.17, 15) is 0 Å². The third kappa shape index (κ3) is 4.01. The number of fused-ring (bicyclic) bond motifs is 3. The van der Waals surface area contributed by atoms with Crippen molar-refractivity contribution in [1.82, 2.24) is 0 Å². The van der Waals surface area contributed by atoms with Crippen LogP contribution in [0.2, 0.25) is 0 Å². The van der Waals surface area contributed by atoms with Crippen LogP contribution >= 0.6 is 21.2 Å². The van der Waals surface area contributed by atoms with Gasteiger partial charge in [-0.2, -0.15) is 0 Å². The third-order valence-corrected chi connectivity index (χ3v) is 31.3. The molecule has 0 N–H and O–H groups in total. The van der Waals surface area contributed by atoms with Crippen molar-refractivity contribution in [1.29, 1.82) is 0 Å². The van der Waals surface area contributed by atoms with Crippen LogP contribution in [0.25, 0.3) is 11.1 Å². The molecule has 0 aromatic heterocycles. The van der Waals surface area contributed by atoms with E-state index in [0.29, 0.717) is 0 Å². The molecule has 6 aromatic carbocycles. The molecule has 6 aromatic rings. The largest absolute Gasteiger partial charge is 0.240 e. The highest BCUT2D eigenvalue weighted by Crippen LogP contribution is 3.01. The van der Waals surface area contributed by atoms with Crippen LogP contribution in [0.1, 0.15) is 6.92 Å². The van der Waals surface area contributed by atoms with Gasteiger partial charge in [0.15, 0.2) is 13.9 Å². The average Bonchev–Trinajstić information content (AvgIpc) is 3.16. The summed E-state index contributed by atoms with van der Waals surface area (Å²) in [6.45, 7) is -1.84. The highest BCUT2D eigenvalue weighted by atomic mass is 32.5. The fourth-order valence-electron chi connectivity index (χ4n) is 6.80. The van der Waals surface area contributed by atoms with Crippen LogP contribution in [-0.4, -0.2) is 6.16 Å². The average molecular weight is 583 g/mol. The first-order valence-electron chi connectivity index (χ1n) is 14.3. The minimum atomic E-state index is -2.16. The second-order valence-electron chi connectivity index (χ2n) is 10.3. The molecule has 0 bridgehead atoms. The lowest BCUT2D eigenvalue weighted by atomic mass is 10.1. The fourth-order valence-corrected chi connectivity index (χ4v) is 35.6. The van der Waals surface area contributed by atoms with E-state index in [1.165, 1.54) is 43.0 Å². The second-order valence-corrected chi connectivity index (χ2v) is 24.7. The molecule has 7 rings (SSSR count). The molecular weight excluding hydrogens is 549 g/mol. The quantitative estimate of drug-likeness (QED) is 0.180. The van der Waals surface area contributed by atoms with Crippen LogP contribution in [0.4, 0.5) is 0 Å². The van der Waals surface area contributed by atoms with Gasteiger partial charge in [0.1, 0.15) is 31.8 Å². The van der Waals surface area contributed by atoms with Gasteiger partial charge in [-0.3, -0.25) is 0 Å². The lowest BCUT2D eigenvalue weighted by Gasteiger charge is -2.38. The molecule has 1 aliphatic rings. The maximum Gasteiger partial charge on any atom is 0.240 e. The fraction of sp³-hybridized carbons (Fsp3) is 0.0526. The molecule has 1 heterocycles. The van der Waals surface area contributed by atoms with E-state index in [1.54, 1.807) is 0 Å². The summed E-state index contributed by atoms with van der Waals surface area (Å²) in [5.41, 5.74) is 2.80. The van der Waals surface area contributed by atoms with Gasteiger partial charge < -0.3 is 0 Å². The maximum atomic E-state index is 2.48. The molecule has 198 valence electrons. The van der Waals surface area contributed by atoms with Crippen molar-refractivity contribution in [3.63, 3.8) is 0 Å². The van der Waals surface area contributed by atoms with Gasteiger partial charge in [-0.1, -0.05) is 116 Å². The predicted octanol–water partition coefficient (Wildman–Crippen LogP) is 8.29. The van der Waals surface area contributed by atoms with Crippen molar-refractivity contribution in [3.05, 3.63) is 170 Å². The first-order valence-corrected chi connectivity index (χ1v) is 20.8. The minimum absolute atomic E-state index is 0.648. The summed E-state index contributed by atoms with van der Waals surface area (Å²) in [7, 11) is -0.648. The van der Waals surface area contributed by atoms with Crippen molar-refractivity contribution >= 4 is 53.0 Å². The van der Waals surface area contributed by atoms with Crippen LogP contribution in [0.5, 0.6) is 0 Å². The van der Waals surface area contributed by atoms with Gasteiger partial charge in [0, 0.05) is 17.3 Å². The van der Waals surface area contributed by atoms with Crippen LogP contribution < -0.4 is 31.8 Å². The van der Waals surface area contributed by atoms with Crippen LogP contribution in [0.15, 0.2) is 170 Å². The molecule has 0 spiro atoms. The Hall–Kier alpha value is -3.39. The summed E-state index contributed by atoms with van der Waals surface area (Å²) in [5, 5.41) is 9.05. The standard InChI is InChI=1S/C38H33P3/c1-2-39-40(31-19-7-3-8-20-31,32-21-9-4-10-22-32)37-29-17-15-27-35(37)36-28-16-18-30-38(36)41(39,33-23-11-5-12-24-33)34-25-13-6-14-26-34/h3-30H,2H2,1H3/q+2. The Morgan fingerprint density at radius 2 is 0.634 bits per heavy atom. The SMILES string of the molecule is CCP1[P+](c2ccccc2)(c2ccccc2)c2ccccc2-c2ccccc2[P+]1(c1ccccc1)c1ccccc1. The second kappa shape index (κ2) is 11.1.